The molecule has 1 N–H and O–H groups in total. The van der Waals surface area contributed by atoms with Gasteiger partial charge in [0, 0.05) is 13.0 Å². The van der Waals surface area contributed by atoms with Crippen molar-refractivity contribution in [2.75, 3.05) is 6.54 Å². The van der Waals surface area contributed by atoms with Crippen molar-refractivity contribution in [1.82, 2.24) is 5.32 Å². The second-order valence-electron chi connectivity index (χ2n) is 4.23. The lowest BCUT2D eigenvalue weighted by molar-refractivity contribution is -0.116. The summed E-state index contributed by atoms with van der Waals surface area (Å²) >= 11 is 0. The molecule has 0 heterocycles. The minimum atomic E-state index is -0.00850. The van der Waals surface area contributed by atoms with Crippen LogP contribution in [-0.4, -0.2) is 12.5 Å². The number of allylic oxidation sites excluding steroid dienone is 1. The van der Waals surface area contributed by atoms with Crippen molar-refractivity contribution in [3.8, 4) is 24.2 Å². The van der Waals surface area contributed by atoms with E-state index in [1.54, 1.807) is 6.08 Å². The van der Waals surface area contributed by atoms with Crippen molar-refractivity contribution in [2.45, 2.75) is 39.5 Å². The van der Waals surface area contributed by atoms with Crippen LogP contribution in [0.1, 0.15) is 39.5 Å². The van der Waals surface area contributed by atoms with E-state index in [1.165, 1.54) is 0 Å². The molecule has 0 aromatic carbocycles. The summed E-state index contributed by atoms with van der Waals surface area (Å²) in [4.78, 5) is 11.3. The highest BCUT2D eigenvalue weighted by Crippen LogP contribution is 1.99. The fourth-order valence-electron chi connectivity index (χ4n) is 1.14. The van der Waals surface area contributed by atoms with Gasteiger partial charge in [0.2, 0.25) is 5.91 Å². The molecule has 0 aliphatic carbocycles. The summed E-state index contributed by atoms with van der Waals surface area (Å²) in [5, 5.41) is 2.83. The number of carbonyl (C=O) groups excluding carboxylic acids is 1. The SMILES string of the molecule is C#CC#CCCCCC=CC(=O)NCC(C)C. The van der Waals surface area contributed by atoms with E-state index in [-0.39, 0.29) is 5.91 Å². The summed E-state index contributed by atoms with van der Waals surface area (Å²) < 4.78 is 0. The number of hydrogen-bond acceptors (Lipinski definition) is 1. The third-order valence-electron chi connectivity index (χ3n) is 2.04. The third kappa shape index (κ3) is 12.3. The van der Waals surface area contributed by atoms with Crippen molar-refractivity contribution in [3.05, 3.63) is 12.2 Å². The van der Waals surface area contributed by atoms with Crippen molar-refractivity contribution >= 4 is 5.91 Å². The molecule has 0 fully saturated rings. The van der Waals surface area contributed by atoms with Crippen LogP contribution in [0.15, 0.2) is 12.2 Å². The molecule has 17 heavy (non-hydrogen) atoms. The Labute approximate surface area is 105 Å². The van der Waals surface area contributed by atoms with E-state index >= 15 is 0 Å². The van der Waals surface area contributed by atoms with Gasteiger partial charge in [-0.05, 0) is 43.1 Å². The predicted octanol–water partition coefficient (Wildman–Crippen LogP) is 2.51. The molecule has 0 aliphatic heterocycles. The zero-order valence-electron chi connectivity index (χ0n) is 10.8. The molecule has 0 aliphatic rings. The Bertz CT molecular complexity index is 336. The molecule has 0 aromatic rings. The Morgan fingerprint density at radius 2 is 2.18 bits per heavy atom. The van der Waals surface area contributed by atoms with Gasteiger partial charge in [0.25, 0.3) is 0 Å². The van der Waals surface area contributed by atoms with Crippen molar-refractivity contribution in [2.24, 2.45) is 5.92 Å². The Morgan fingerprint density at radius 1 is 1.41 bits per heavy atom. The van der Waals surface area contributed by atoms with Crippen LogP contribution in [0.4, 0.5) is 0 Å². The van der Waals surface area contributed by atoms with E-state index < -0.39 is 0 Å². The maximum absolute atomic E-state index is 11.3. The highest BCUT2D eigenvalue weighted by atomic mass is 16.1. The van der Waals surface area contributed by atoms with Crippen LogP contribution in [0.2, 0.25) is 0 Å². The molecule has 0 spiro atoms. The molecule has 0 saturated carbocycles. The average molecular weight is 231 g/mol. The van der Waals surface area contributed by atoms with Gasteiger partial charge in [-0.25, -0.2) is 0 Å². The monoisotopic (exact) mass is 231 g/mol. The van der Waals surface area contributed by atoms with Gasteiger partial charge in [0.05, 0.1) is 0 Å². The molecular formula is C15H21NO. The minimum Gasteiger partial charge on any atom is -0.352 e. The Hall–Kier alpha value is -1.67. The van der Waals surface area contributed by atoms with Crippen LogP contribution in [0.25, 0.3) is 0 Å². The van der Waals surface area contributed by atoms with Crippen molar-refractivity contribution < 1.29 is 4.79 Å². The summed E-state index contributed by atoms with van der Waals surface area (Å²) in [6.07, 6.45) is 12.3. The van der Waals surface area contributed by atoms with Crippen LogP contribution < -0.4 is 5.32 Å². The molecule has 0 rings (SSSR count). The Kier molecular flexibility index (Phi) is 9.77. The summed E-state index contributed by atoms with van der Waals surface area (Å²) in [5.41, 5.74) is 0. The zero-order chi connectivity index (χ0) is 12.9. The van der Waals surface area contributed by atoms with Crippen LogP contribution in [0.3, 0.4) is 0 Å². The molecule has 92 valence electrons. The highest BCUT2D eigenvalue weighted by molar-refractivity contribution is 5.87. The fourth-order valence-corrected chi connectivity index (χ4v) is 1.14. The van der Waals surface area contributed by atoms with Gasteiger partial charge < -0.3 is 5.32 Å². The van der Waals surface area contributed by atoms with E-state index in [1.807, 2.05) is 6.08 Å². The molecule has 0 radical (unpaired) electrons. The number of unbranched alkanes of at least 4 members (excludes halogenated alkanes) is 3. The van der Waals surface area contributed by atoms with Gasteiger partial charge in [0.1, 0.15) is 0 Å². The number of rotatable bonds is 7. The van der Waals surface area contributed by atoms with Crippen LogP contribution in [-0.2, 0) is 4.79 Å². The Morgan fingerprint density at radius 3 is 2.82 bits per heavy atom. The molecule has 2 nitrogen and oxygen atoms in total. The van der Waals surface area contributed by atoms with Crippen LogP contribution in [0.5, 0.6) is 0 Å². The lowest BCUT2D eigenvalue weighted by Crippen LogP contribution is -2.25. The predicted molar refractivity (Wildman–Crippen MR) is 72.1 cm³/mol. The van der Waals surface area contributed by atoms with Crippen LogP contribution in [0, 0.1) is 30.1 Å². The van der Waals surface area contributed by atoms with Gasteiger partial charge in [-0.1, -0.05) is 25.8 Å². The number of terminal acetylenes is 1. The van der Waals surface area contributed by atoms with E-state index in [0.29, 0.717) is 5.92 Å². The maximum atomic E-state index is 11.3. The molecule has 0 bridgehead atoms. The lowest BCUT2D eigenvalue weighted by Gasteiger charge is -2.04. The molecule has 0 unspecified atom stereocenters. The summed E-state index contributed by atoms with van der Waals surface area (Å²) in [6, 6.07) is 0. The minimum absolute atomic E-state index is 0.00850. The van der Waals surface area contributed by atoms with Gasteiger partial charge in [0.15, 0.2) is 0 Å². The summed E-state index contributed by atoms with van der Waals surface area (Å²) in [6.45, 7) is 4.87. The smallest absolute Gasteiger partial charge is 0.243 e. The number of amides is 1. The molecule has 0 atom stereocenters. The number of hydrogen-bond donors (Lipinski definition) is 1. The average Bonchev–Trinajstić information content (AvgIpc) is 2.30. The first-order chi connectivity index (χ1) is 8.16. The summed E-state index contributed by atoms with van der Waals surface area (Å²) in [7, 11) is 0. The Balaban J connectivity index is 3.47. The van der Waals surface area contributed by atoms with Crippen molar-refractivity contribution in [3.63, 3.8) is 0 Å². The molecule has 0 saturated heterocycles. The largest absolute Gasteiger partial charge is 0.352 e. The van der Waals surface area contributed by atoms with E-state index in [9.17, 15) is 4.79 Å². The number of carbonyl (C=O) groups is 1. The van der Waals surface area contributed by atoms with E-state index in [4.69, 9.17) is 6.42 Å². The second-order valence-corrected chi connectivity index (χ2v) is 4.23. The maximum Gasteiger partial charge on any atom is 0.243 e. The van der Waals surface area contributed by atoms with Gasteiger partial charge in [-0.3, -0.25) is 4.79 Å². The topological polar surface area (TPSA) is 29.1 Å². The highest BCUT2D eigenvalue weighted by Gasteiger charge is 1.96. The van der Waals surface area contributed by atoms with Gasteiger partial charge in [-0.15, -0.1) is 6.42 Å². The van der Waals surface area contributed by atoms with Gasteiger partial charge in [-0.2, -0.15) is 0 Å². The molecule has 2 heteroatoms. The first-order valence-corrected chi connectivity index (χ1v) is 6.04. The second kappa shape index (κ2) is 10.8. The van der Waals surface area contributed by atoms with E-state index in [0.717, 1.165) is 32.2 Å². The molecule has 1 amide bonds. The first-order valence-electron chi connectivity index (χ1n) is 6.04. The lowest BCUT2D eigenvalue weighted by atomic mass is 10.2. The number of nitrogens with one attached hydrogen (secondary N) is 1. The standard InChI is InChI=1S/C15H21NO/c1-4-5-6-7-8-9-10-11-12-15(17)16-13-14(2)3/h1,11-12,14H,7-10,13H2,2-3H3,(H,16,17). The van der Waals surface area contributed by atoms with Gasteiger partial charge >= 0.3 is 0 Å². The zero-order valence-corrected chi connectivity index (χ0v) is 10.8. The quantitative estimate of drug-likeness (QED) is 0.407. The third-order valence-corrected chi connectivity index (χ3v) is 2.04. The van der Waals surface area contributed by atoms with E-state index in [2.05, 4.69) is 36.9 Å². The first kappa shape index (κ1) is 15.3. The van der Waals surface area contributed by atoms with Crippen LogP contribution >= 0.6 is 0 Å². The summed E-state index contributed by atoms with van der Waals surface area (Å²) in [5.74, 6) is 8.22. The molecule has 0 aromatic heterocycles. The fraction of sp³-hybridized carbons (Fsp3) is 0.533. The van der Waals surface area contributed by atoms with Crippen molar-refractivity contribution in [1.29, 1.82) is 0 Å². The molecular weight excluding hydrogens is 210 g/mol. The normalized spacial score (nSPS) is 9.76.